The van der Waals surface area contributed by atoms with Crippen LogP contribution in [0.15, 0.2) is 42.5 Å². The Bertz CT molecular complexity index is 1680. The summed E-state index contributed by atoms with van der Waals surface area (Å²) in [6.45, 7) is 4.95. The first kappa shape index (κ1) is 50.8. The van der Waals surface area contributed by atoms with Crippen molar-refractivity contribution in [2.24, 2.45) is 11.8 Å². The Morgan fingerprint density at radius 2 is 1.39 bits per heavy atom. The number of aliphatic hydroxyl groups excluding tert-OH is 1. The van der Waals surface area contributed by atoms with Crippen LogP contribution in [0.1, 0.15) is 63.9 Å². The minimum Gasteiger partial charge on any atom is -0.480 e. The van der Waals surface area contributed by atoms with Crippen molar-refractivity contribution in [2.45, 2.75) is 89.1 Å². The minimum atomic E-state index is -1.29. The zero-order chi connectivity index (χ0) is 44.4. The molecule has 18 nitrogen and oxygen atoms in total. The van der Waals surface area contributed by atoms with Crippen LogP contribution in [-0.2, 0) is 44.6 Å². The number of thiol groups is 1. The van der Waals surface area contributed by atoms with Gasteiger partial charge in [-0.25, -0.2) is 14.4 Å². The lowest BCUT2D eigenvalue weighted by atomic mass is 9.81. The van der Waals surface area contributed by atoms with Gasteiger partial charge < -0.3 is 56.1 Å². The summed E-state index contributed by atoms with van der Waals surface area (Å²) in [5.74, 6) is -3.10. The Balaban J connectivity index is 1.40. The highest BCUT2D eigenvalue weighted by atomic mass is 32.1. The second kappa shape index (κ2) is 28.9. The predicted molar refractivity (Wildman–Crippen MR) is 230 cm³/mol. The largest absolute Gasteiger partial charge is 0.480 e. The number of carbonyl (C=O) groups excluding carboxylic acids is 4. The summed E-state index contributed by atoms with van der Waals surface area (Å²) < 4.78 is 16.3. The highest BCUT2D eigenvalue weighted by Crippen LogP contribution is 2.29. The first-order valence-corrected chi connectivity index (χ1v) is 21.6. The number of carboxylic acids is 2. The van der Waals surface area contributed by atoms with E-state index in [4.69, 9.17) is 19.3 Å². The lowest BCUT2D eigenvalue weighted by Gasteiger charge is -2.31. The summed E-state index contributed by atoms with van der Waals surface area (Å²) in [4.78, 5) is 72.0. The van der Waals surface area contributed by atoms with Gasteiger partial charge in [0.2, 0.25) is 17.7 Å². The van der Waals surface area contributed by atoms with Gasteiger partial charge in [0.25, 0.3) is 0 Å². The molecule has 0 aliphatic heterocycles. The fourth-order valence-corrected chi connectivity index (χ4v) is 7.06. The van der Waals surface area contributed by atoms with Crippen LogP contribution in [0.25, 0.3) is 10.8 Å². The number of benzene rings is 2. The Labute approximate surface area is 362 Å². The van der Waals surface area contributed by atoms with Gasteiger partial charge in [0.05, 0.1) is 45.7 Å². The van der Waals surface area contributed by atoms with Gasteiger partial charge in [-0.15, -0.1) is 0 Å². The fraction of sp³-hybridized carbons (Fsp3) is 0.619. The number of ether oxygens (including phenoxy) is 3. The first-order valence-electron chi connectivity index (χ1n) is 20.9. The van der Waals surface area contributed by atoms with Gasteiger partial charge in [0, 0.05) is 38.1 Å². The molecule has 2 aromatic carbocycles. The molecule has 0 radical (unpaired) electrons. The third kappa shape index (κ3) is 20.7. The Morgan fingerprint density at radius 1 is 0.754 bits per heavy atom. The van der Waals surface area contributed by atoms with Crippen molar-refractivity contribution in [1.82, 2.24) is 31.9 Å². The van der Waals surface area contributed by atoms with E-state index >= 15 is 0 Å². The van der Waals surface area contributed by atoms with E-state index in [2.05, 4.69) is 44.5 Å². The third-order valence-corrected chi connectivity index (χ3v) is 10.6. The number of hydrogen-bond donors (Lipinski definition) is 10. The number of aliphatic carboxylic acids is 2. The second-order valence-electron chi connectivity index (χ2n) is 15.1. The van der Waals surface area contributed by atoms with Crippen LogP contribution in [0.2, 0.25) is 0 Å². The Kier molecular flexibility index (Phi) is 24.1. The maximum Gasteiger partial charge on any atom is 0.327 e. The maximum atomic E-state index is 13.6. The number of rotatable bonds is 30. The number of carbonyl (C=O) groups is 6. The van der Waals surface area contributed by atoms with Crippen molar-refractivity contribution >= 4 is 59.1 Å². The number of aliphatic hydroxyl groups is 1. The molecule has 0 heterocycles. The van der Waals surface area contributed by atoms with Gasteiger partial charge >= 0.3 is 18.0 Å². The van der Waals surface area contributed by atoms with Gasteiger partial charge in [0.15, 0.2) is 0 Å². The van der Waals surface area contributed by atoms with Gasteiger partial charge in [0.1, 0.15) is 18.3 Å². The topological polar surface area (TPSA) is 263 Å². The first-order chi connectivity index (χ1) is 29.4. The normalized spacial score (nSPS) is 17.0. The van der Waals surface area contributed by atoms with Gasteiger partial charge in [-0.1, -0.05) is 42.5 Å². The molecule has 9 N–H and O–H groups in total. The number of nitrogens with one attached hydrogen (secondary N) is 6. The molecule has 61 heavy (non-hydrogen) atoms. The molecule has 2 aromatic rings. The van der Waals surface area contributed by atoms with E-state index in [1.165, 1.54) is 6.92 Å². The van der Waals surface area contributed by atoms with Crippen molar-refractivity contribution in [3.8, 4) is 0 Å². The number of carboxylic acid groups (broad SMARTS) is 2. The highest BCUT2D eigenvalue weighted by molar-refractivity contribution is 7.80. The van der Waals surface area contributed by atoms with Crippen molar-refractivity contribution < 1.29 is 58.3 Å². The molecule has 0 spiro atoms. The van der Waals surface area contributed by atoms with Crippen LogP contribution in [0, 0.1) is 11.8 Å². The zero-order valence-corrected chi connectivity index (χ0v) is 35.8. The molecule has 5 amide bonds. The fourth-order valence-electron chi connectivity index (χ4n) is 6.81. The van der Waals surface area contributed by atoms with Crippen LogP contribution in [-0.4, -0.2) is 140 Å². The van der Waals surface area contributed by atoms with E-state index in [1.54, 1.807) is 0 Å². The lowest BCUT2D eigenvalue weighted by Crippen LogP contribution is -2.53. The average Bonchev–Trinajstić information content (AvgIpc) is 3.24. The van der Waals surface area contributed by atoms with Crippen molar-refractivity contribution in [3.63, 3.8) is 0 Å². The van der Waals surface area contributed by atoms with E-state index in [-0.39, 0.29) is 54.8 Å². The number of fused-ring (bicyclic) bond motifs is 1. The lowest BCUT2D eigenvalue weighted by molar-refractivity contribution is -0.139. The molecule has 0 bridgehead atoms. The summed E-state index contributed by atoms with van der Waals surface area (Å²) >= 11 is 3.89. The highest BCUT2D eigenvalue weighted by Gasteiger charge is 2.30. The average molecular weight is 877 g/mol. The number of hydrogen-bond acceptors (Lipinski definition) is 12. The Hall–Kier alpha value is -4.53. The van der Waals surface area contributed by atoms with Crippen LogP contribution < -0.4 is 31.9 Å². The minimum absolute atomic E-state index is 0.0650. The van der Waals surface area contributed by atoms with Crippen LogP contribution in [0.3, 0.4) is 0 Å². The van der Waals surface area contributed by atoms with E-state index in [0.717, 1.165) is 29.2 Å². The van der Waals surface area contributed by atoms with E-state index < -0.39 is 42.3 Å². The smallest absolute Gasteiger partial charge is 0.327 e. The number of urea groups is 1. The quantitative estimate of drug-likeness (QED) is 0.0304. The third-order valence-electron chi connectivity index (χ3n) is 10.3. The molecular formula is C42H64N6O12S. The summed E-state index contributed by atoms with van der Waals surface area (Å²) in [6, 6.07) is 9.79. The predicted octanol–water partition coefficient (Wildman–Crippen LogP) is 1.58. The molecular weight excluding hydrogens is 813 g/mol. The second-order valence-corrected chi connectivity index (χ2v) is 15.4. The molecule has 1 unspecified atom stereocenters. The SMILES string of the molecule is CC(=O)NCCOCCOCCOCCC(=O)NCC1CCC(C(=O)N[C@@H](Cc2ccc3ccccc3c2)C(O)NCCCC[C@H](NC(=O)N[C@@H](CS)C(=O)O)C(=O)O)CC1. The summed E-state index contributed by atoms with van der Waals surface area (Å²) in [5, 5.41) is 48.4. The molecule has 0 aromatic heterocycles. The van der Waals surface area contributed by atoms with Gasteiger partial charge in [-0.05, 0) is 80.2 Å². The number of unbranched alkanes of at least 4 members (excludes halogenated alkanes) is 1. The zero-order valence-electron chi connectivity index (χ0n) is 34.9. The molecule has 340 valence electrons. The number of amides is 5. The molecule has 1 saturated carbocycles. The monoisotopic (exact) mass is 876 g/mol. The molecule has 4 atom stereocenters. The standard InChI is InChI=1S/C42H64N6O12S/c1-28(49)43-17-19-59-21-23-60-22-20-58-18-15-37(50)45-26-29-9-13-32(14-10-29)38(51)46-35(25-30-11-12-31-6-2-3-7-33(31)24-30)39(52)44-16-5-4-8-34(40(53)54)47-42(57)48-36(27-61)41(55)56/h2-3,6-7,11-12,24,29,32,34-36,39,44,52,61H,4-5,8-10,13-23,25-27H2,1H3,(H,43,49)(H,45,50)(H,46,51)(H,53,54)(H,55,56)(H2,47,48,57)/t29?,32?,34-,35-,36-,39?/m0/s1. The van der Waals surface area contributed by atoms with Crippen LogP contribution in [0.5, 0.6) is 0 Å². The molecule has 19 heteroatoms. The molecule has 1 aliphatic carbocycles. The molecule has 0 saturated heterocycles. The summed E-state index contributed by atoms with van der Waals surface area (Å²) in [6.07, 6.45) is 3.14. The van der Waals surface area contributed by atoms with Crippen molar-refractivity contribution in [2.75, 3.05) is 65.0 Å². The Morgan fingerprint density at radius 3 is 2.05 bits per heavy atom. The summed E-state index contributed by atoms with van der Waals surface area (Å²) in [5.41, 5.74) is 0.928. The molecule has 3 rings (SSSR count). The van der Waals surface area contributed by atoms with E-state index in [9.17, 15) is 39.0 Å². The van der Waals surface area contributed by atoms with E-state index in [0.29, 0.717) is 84.8 Å². The molecule has 1 fully saturated rings. The van der Waals surface area contributed by atoms with Gasteiger partial charge in [-0.2, -0.15) is 12.6 Å². The molecule has 1 aliphatic rings. The maximum absolute atomic E-state index is 13.6. The van der Waals surface area contributed by atoms with Crippen molar-refractivity contribution in [3.05, 3.63) is 48.0 Å². The van der Waals surface area contributed by atoms with Crippen LogP contribution >= 0.6 is 12.6 Å². The summed E-state index contributed by atoms with van der Waals surface area (Å²) in [7, 11) is 0. The van der Waals surface area contributed by atoms with Crippen LogP contribution in [0.4, 0.5) is 4.79 Å². The van der Waals surface area contributed by atoms with E-state index in [1.807, 2.05) is 42.5 Å². The van der Waals surface area contributed by atoms with Crippen molar-refractivity contribution in [1.29, 1.82) is 0 Å². The van der Waals surface area contributed by atoms with Gasteiger partial charge in [-0.3, -0.25) is 19.7 Å².